The molecule has 0 atom stereocenters. The first-order chi connectivity index (χ1) is 16.9. The second-order valence-electron chi connectivity index (χ2n) is 8.78. The number of nitrogens with zero attached hydrogens (tertiary/aromatic N) is 5. The average molecular weight is 489 g/mol. The van der Waals surface area contributed by atoms with Gasteiger partial charge in [-0.2, -0.15) is 5.10 Å². The molecule has 0 amide bonds. The summed E-state index contributed by atoms with van der Waals surface area (Å²) in [6, 6.07) is 16.0. The SMILES string of the molecule is Cn1cc(-c2ccc3c(c2)ncn3-c2cc(-c3ccc(F)cc3)cc(C3(N[SH](=O)=O)CC3)n2)cn1. The second-order valence-corrected chi connectivity index (χ2v) is 9.52. The molecule has 10 heteroatoms. The van der Waals surface area contributed by atoms with Gasteiger partial charge < -0.3 is 0 Å². The van der Waals surface area contributed by atoms with Gasteiger partial charge in [0.15, 0.2) is 0 Å². The van der Waals surface area contributed by atoms with Gasteiger partial charge in [-0.15, -0.1) is 0 Å². The minimum absolute atomic E-state index is 0.322. The first-order valence-corrected chi connectivity index (χ1v) is 12.3. The number of halogens is 1. The molecule has 3 aromatic heterocycles. The molecule has 1 N–H and O–H groups in total. The number of hydrogen-bond donors (Lipinski definition) is 2. The summed E-state index contributed by atoms with van der Waals surface area (Å²) < 4.78 is 42.8. The molecule has 35 heavy (non-hydrogen) atoms. The predicted molar refractivity (Wildman–Crippen MR) is 131 cm³/mol. The van der Waals surface area contributed by atoms with Crippen LogP contribution < -0.4 is 4.72 Å². The van der Waals surface area contributed by atoms with E-state index >= 15 is 0 Å². The van der Waals surface area contributed by atoms with E-state index in [9.17, 15) is 12.8 Å². The molecule has 8 nitrogen and oxygen atoms in total. The van der Waals surface area contributed by atoms with E-state index in [1.54, 1.807) is 29.3 Å². The van der Waals surface area contributed by atoms with E-state index < -0.39 is 16.4 Å². The highest BCUT2D eigenvalue weighted by Gasteiger charge is 2.47. The fourth-order valence-electron chi connectivity index (χ4n) is 4.36. The number of imidazole rings is 1. The monoisotopic (exact) mass is 488 g/mol. The maximum absolute atomic E-state index is 13.6. The largest absolute Gasteiger partial charge is 0.283 e. The van der Waals surface area contributed by atoms with E-state index in [0.29, 0.717) is 24.4 Å². The summed E-state index contributed by atoms with van der Waals surface area (Å²) in [5.41, 5.74) is 5.19. The van der Waals surface area contributed by atoms with E-state index in [1.165, 1.54) is 12.1 Å². The molecule has 5 aromatic rings. The lowest BCUT2D eigenvalue weighted by Crippen LogP contribution is -2.28. The van der Waals surface area contributed by atoms with Crippen LogP contribution >= 0.6 is 0 Å². The van der Waals surface area contributed by atoms with E-state index in [2.05, 4.69) is 14.8 Å². The topological polar surface area (TPSA) is 94.7 Å². The highest BCUT2D eigenvalue weighted by Crippen LogP contribution is 2.46. The molecule has 0 spiro atoms. The number of fused-ring (bicyclic) bond motifs is 1. The van der Waals surface area contributed by atoms with E-state index in [-0.39, 0.29) is 5.82 Å². The molecule has 1 aliphatic carbocycles. The van der Waals surface area contributed by atoms with Crippen molar-refractivity contribution in [3.63, 3.8) is 0 Å². The molecule has 1 fully saturated rings. The summed E-state index contributed by atoms with van der Waals surface area (Å²) in [7, 11) is -0.917. The molecule has 1 aliphatic rings. The molecular formula is C25H21FN6O2S. The van der Waals surface area contributed by atoms with Gasteiger partial charge in [0.25, 0.3) is 0 Å². The number of pyridine rings is 1. The average Bonchev–Trinajstić information content (AvgIpc) is 3.29. The Morgan fingerprint density at radius 2 is 1.74 bits per heavy atom. The Morgan fingerprint density at radius 3 is 2.43 bits per heavy atom. The van der Waals surface area contributed by atoms with Crippen molar-refractivity contribution in [1.29, 1.82) is 0 Å². The highest BCUT2D eigenvalue weighted by molar-refractivity contribution is 7.70. The first kappa shape index (κ1) is 21.6. The fraction of sp³-hybridized carbons (Fsp3) is 0.160. The smallest absolute Gasteiger partial charge is 0.202 e. The van der Waals surface area contributed by atoms with Gasteiger partial charge in [-0.05, 0) is 65.9 Å². The number of benzene rings is 2. The molecule has 6 rings (SSSR count). The number of rotatable bonds is 6. The van der Waals surface area contributed by atoms with Crippen molar-refractivity contribution in [2.24, 2.45) is 7.05 Å². The highest BCUT2D eigenvalue weighted by atomic mass is 32.2. The summed E-state index contributed by atoms with van der Waals surface area (Å²) in [5.74, 6) is 0.282. The van der Waals surface area contributed by atoms with Gasteiger partial charge in [0, 0.05) is 18.8 Å². The Balaban J connectivity index is 1.49. The number of thiol groups is 1. The number of nitrogens with one attached hydrogen (secondary N) is 1. The van der Waals surface area contributed by atoms with Crippen LogP contribution in [0.25, 0.3) is 39.1 Å². The summed E-state index contributed by atoms with van der Waals surface area (Å²) in [6.45, 7) is 0. The number of hydrogen-bond acceptors (Lipinski definition) is 5. The Morgan fingerprint density at radius 1 is 0.971 bits per heavy atom. The molecule has 0 aliphatic heterocycles. The minimum atomic E-state index is -2.79. The number of aryl methyl sites for hydroxylation is 1. The molecule has 3 heterocycles. The van der Waals surface area contributed by atoms with Gasteiger partial charge in [-0.3, -0.25) is 9.25 Å². The van der Waals surface area contributed by atoms with Crippen molar-refractivity contribution in [2.75, 3.05) is 0 Å². The summed E-state index contributed by atoms with van der Waals surface area (Å²) in [4.78, 5) is 9.44. The van der Waals surface area contributed by atoms with Crippen LogP contribution in [0.15, 0.2) is 73.3 Å². The molecule has 0 bridgehead atoms. The Bertz CT molecular complexity index is 1640. The minimum Gasteiger partial charge on any atom is -0.283 e. The van der Waals surface area contributed by atoms with Gasteiger partial charge in [0.2, 0.25) is 10.9 Å². The second kappa shape index (κ2) is 8.10. The van der Waals surface area contributed by atoms with Crippen molar-refractivity contribution < 1.29 is 12.8 Å². The molecule has 1 saturated carbocycles. The molecule has 0 radical (unpaired) electrons. The van der Waals surface area contributed by atoms with Gasteiger partial charge >= 0.3 is 0 Å². The lowest BCUT2D eigenvalue weighted by Gasteiger charge is -2.17. The zero-order chi connectivity index (χ0) is 24.2. The van der Waals surface area contributed by atoms with E-state index in [0.717, 1.165) is 33.3 Å². The normalized spacial score (nSPS) is 14.6. The molecule has 0 unspecified atom stereocenters. The Kier molecular flexibility index (Phi) is 5.01. The van der Waals surface area contributed by atoms with Crippen molar-refractivity contribution >= 4 is 21.9 Å². The van der Waals surface area contributed by atoms with Crippen molar-refractivity contribution in [3.8, 4) is 28.1 Å². The third kappa shape index (κ3) is 4.00. The van der Waals surface area contributed by atoms with Crippen LogP contribution in [-0.2, 0) is 23.5 Å². The maximum atomic E-state index is 13.6. The van der Waals surface area contributed by atoms with Gasteiger partial charge in [0.05, 0.1) is 28.5 Å². The van der Waals surface area contributed by atoms with Gasteiger partial charge in [-0.1, -0.05) is 18.2 Å². The number of aromatic nitrogens is 5. The zero-order valence-electron chi connectivity index (χ0n) is 18.7. The Hall–Kier alpha value is -3.89. The van der Waals surface area contributed by atoms with Crippen LogP contribution in [0, 0.1) is 5.82 Å². The standard InChI is InChI=1S/C25H21FN6O2S/c1-31-14-19(13-28-31)17-4-7-22-21(10-17)27-15-32(22)24-12-18(16-2-5-20(26)6-3-16)11-23(29-24)25(8-9-25)30-35(33)34/h2-7,10-15,35H,8-9H2,1H3,(H,30,33,34). The van der Waals surface area contributed by atoms with Crippen molar-refractivity contribution in [3.05, 3.63) is 84.8 Å². The lowest BCUT2D eigenvalue weighted by molar-refractivity contribution is 0.564. The van der Waals surface area contributed by atoms with Crippen LogP contribution in [0.2, 0.25) is 0 Å². The quantitative estimate of drug-likeness (QED) is 0.355. The van der Waals surface area contributed by atoms with Gasteiger partial charge in [-0.25, -0.2) is 27.5 Å². The van der Waals surface area contributed by atoms with Crippen LogP contribution in [0.4, 0.5) is 4.39 Å². The van der Waals surface area contributed by atoms with E-state index in [4.69, 9.17) is 4.98 Å². The summed E-state index contributed by atoms with van der Waals surface area (Å²) in [6.07, 6.45) is 6.78. The first-order valence-electron chi connectivity index (χ1n) is 11.1. The third-order valence-corrected chi connectivity index (χ3v) is 6.98. The van der Waals surface area contributed by atoms with Crippen molar-refractivity contribution in [2.45, 2.75) is 18.4 Å². The maximum Gasteiger partial charge on any atom is 0.202 e. The predicted octanol–water partition coefficient (Wildman–Crippen LogP) is 3.73. The van der Waals surface area contributed by atoms with Gasteiger partial charge in [0.1, 0.15) is 18.0 Å². The van der Waals surface area contributed by atoms with Crippen molar-refractivity contribution in [1.82, 2.24) is 29.0 Å². The summed E-state index contributed by atoms with van der Waals surface area (Å²) >= 11 is 0. The Labute approximate surface area is 202 Å². The van der Waals surface area contributed by atoms with E-state index in [1.807, 2.05) is 48.1 Å². The third-order valence-electron chi connectivity index (χ3n) is 6.37. The van der Waals surface area contributed by atoms with Crippen LogP contribution in [0.5, 0.6) is 0 Å². The van der Waals surface area contributed by atoms with Crippen LogP contribution in [0.1, 0.15) is 18.5 Å². The molecule has 176 valence electrons. The summed E-state index contributed by atoms with van der Waals surface area (Å²) in [5, 5.41) is 4.24. The zero-order valence-corrected chi connectivity index (χ0v) is 19.6. The molecule has 0 saturated heterocycles. The fourth-order valence-corrected chi connectivity index (χ4v) is 5.05. The molecular weight excluding hydrogens is 467 g/mol. The molecule has 2 aromatic carbocycles. The lowest BCUT2D eigenvalue weighted by atomic mass is 10.0. The van der Waals surface area contributed by atoms with Crippen LogP contribution in [-0.4, -0.2) is 32.7 Å². The van der Waals surface area contributed by atoms with Crippen LogP contribution in [0.3, 0.4) is 0 Å².